The first kappa shape index (κ1) is 16.6. The largest absolute Gasteiger partial charge is 0.302 e. The van der Waals surface area contributed by atoms with E-state index in [1.54, 1.807) is 0 Å². The summed E-state index contributed by atoms with van der Waals surface area (Å²) in [6.07, 6.45) is 9.63. The molecule has 3 heteroatoms. The smallest absolute Gasteiger partial charge is 0.169 e. The minimum atomic E-state index is -0.899. The Labute approximate surface area is 138 Å². The van der Waals surface area contributed by atoms with Gasteiger partial charge in [0.25, 0.3) is 0 Å². The van der Waals surface area contributed by atoms with Crippen LogP contribution in [0.1, 0.15) is 65.7 Å². The van der Waals surface area contributed by atoms with Crippen molar-refractivity contribution in [2.45, 2.75) is 65.7 Å². The van der Waals surface area contributed by atoms with Gasteiger partial charge in [-0.2, -0.15) is 0 Å². The molecule has 3 aliphatic carbocycles. The second-order valence-corrected chi connectivity index (χ2v) is 8.89. The van der Waals surface area contributed by atoms with Gasteiger partial charge in [0.05, 0.1) is 5.41 Å². The van der Waals surface area contributed by atoms with E-state index >= 15 is 0 Å². The molecule has 0 radical (unpaired) electrons. The van der Waals surface area contributed by atoms with Gasteiger partial charge in [0.15, 0.2) is 5.78 Å². The number of ketones is 1. The van der Waals surface area contributed by atoms with Crippen LogP contribution in [-0.2, 0) is 14.4 Å². The molecule has 0 saturated heterocycles. The van der Waals surface area contributed by atoms with Gasteiger partial charge >= 0.3 is 0 Å². The molecule has 3 aliphatic rings. The lowest BCUT2D eigenvalue weighted by molar-refractivity contribution is -0.161. The number of carbonyl (C=O) groups excluding carboxylic acids is 3. The van der Waals surface area contributed by atoms with Crippen LogP contribution in [0, 0.1) is 28.1 Å². The summed E-state index contributed by atoms with van der Waals surface area (Å²) in [5.41, 5.74) is -0.0642. The molecule has 0 amide bonds. The van der Waals surface area contributed by atoms with Crippen LogP contribution in [0.2, 0.25) is 0 Å². The maximum absolute atomic E-state index is 12.9. The van der Waals surface area contributed by atoms with Gasteiger partial charge in [-0.3, -0.25) is 9.59 Å². The highest BCUT2D eigenvalue weighted by molar-refractivity contribution is 6.08. The van der Waals surface area contributed by atoms with E-state index in [0.717, 1.165) is 38.3 Å². The summed E-state index contributed by atoms with van der Waals surface area (Å²) >= 11 is 0. The van der Waals surface area contributed by atoms with Gasteiger partial charge in [0.2, 0.25) is 0 Å². The normalized spacial score (nSPS) is 42.7. The van der Waals surface area contributed by atoms with E-state index in [0.29, 0.717) is 24.3 Å². The molecule has 4 unspecified atom stereocenters. The van der Waals surface area contributed by atoms with Crippen molar-refractivity contribution in [2.24, 2.45) is 28.1 Å². The fourth-order valence-electron chi connectivity index (χ4n) is 6.31. The van der Waals surface area contributed by atoms with E-state index in [4.69, 9.17) is 0 Å². The lowest BCUT2D eigenvalue weighted by atomic mass is 9.42. The van der Waals surface area contributed by atoms with Crippen LogP contribution in [0.15, 0.2) is 11.6 Å². The molecule has 0 aromatic heterocycles. The first-order valence-electron chi connectivity index (χ1n) is 8.97. The zero-order valence-electron chi connectivity index (χ0n) is 14.6. The van der Waals surface area contributed by atoms with E-state index in [2.05, 4.69) is 20.8 Å². The van der Waals surface area contributed by atoms with E-state index in [1.165, 1.54) is 12.5 Å². The number of hydrogen-bond acceptors (Lipinski definition) is 3. The SMILES string of the molecule is CC1(C)CCCC2(C)C1CCC1(C=O)C(=O)C=C(C=O)CCC12. The second-order valence-electron chi connectivity index (χ2n) is 8.89. The fourth-order valence-corrected chi connectivity index (χ4v) is 6.31. The molecular weight excluding hydrogens is 288 g/mol. The molecule has 0 aromatic carbocycles. The van der Waals surface area contributed by atoms with Crippen molar-refractivity contribution >= 4 is 18.4 Å². The summed E-state index contributed by atoms with van der Waals surface area (Å²) in [6, 6.07) is 0. The van der Waals surface area contributed by atoms with Gasteiger partial charge in [-0.25, -0.2) is 0 Å². The van der Waals surface area contributed by atoms with Crippen LogP contribution < -0.4 is 0 Å². The van der Waals surface area contributed by atoms with Crippen molar-refractivity contribution in [2.75, 3.05) is 0 Å². The number of carbonyl (C=O) groups is 3. The Morgan fingerprint density at radius 1 is 1.04 bits per heavy atom. The zero-order chi connectivity index (χ0) is 16.9. The van der Waals surface area contributed by atoms with E-state index in [1.807, 2.05) is 0 Å². The molecular formula is C20H28O3. The monoisotopic (exact) mass is 316 g/mol. The predicted octanol–water partition coefficient (Wildman–Crippen LogP) is 3.90. The number of aldehydes is 2. The number of allylic oxidation sites excluding steroid dienone is 2. The van der Waals surface area contributed by atoms with Gasteiger partial charge in [-0.15, -0.1) is 0 Å². The number of fused-ring (bicyclic) bond motifs is 3. The third-order valence-corrected chi connectivity index (χ3v) is 7.40. The highest BCUT2D eigenvalue weighted by Crippen LogP contribution is 2.65. The fraction of sp³-hybridized carbons (Fsp3) is 0.750. The molecule has 2 fully saturated rings. The minimum Gasteiger partial charge on any atom is -0.302 e. The predicted molar refractivity (Wildman–Crippen MR) is 88.8 cm³/mol. The minimum absolute atomic E-state index is 0.0166. The Balaban J connectivity index is 2.08. The van der Waals surface area contributed by atoms with Gasteiger partial charge < -0.3 is 4.79 Å². The molecule has 3 nitrogen and oxygen atoms in total. The molecule has 3 rings (SSSR count). The van der Waals surface area contributed by atoms with Gasteiger partial charge in [0, 0.05) is 0 Å². The quantitative estimate of drug-likeness (QED) is 0.573. The second kappa shape index (κ2) is 5.39. The molecule has 0 aromatic rings. The Kier molecular flexibility index (Phi) is 3.89. The van der Waals surface area contributed by atoms with Crippen molar-refractivity contribution in [3.63, 3.8) is 0 Å². The van der Waals surface area contributed by atoms with E-state index < -0.39 is 5.41 Å². The summed E-state index contributed by atoms with van der Waals surface area (Å²) < 4.78 is 0. The third-order valence-electron chi connectivity index (χ3n) is 7.40. The van der Waals surface area contributed by atoms with Crippen molar-refractivity contribution in [1.29, 1.82) is 0 Å². The molecule has 0 bridgehead atoms. The highest BCUT2D eigenvalue weighted by atomic mass is 16.1. The standard InChI is InChI=1S/C20H28O3/c1-18(2)8-4-9-19(3)15(18)7-10-20(13-22)16(19)6-5-14(12-21)11-17(20)23/h11-13,15-16H,4-10H2,1-3H3. The lowest BCUT2D eigenvalue weighted by Gasteiger charge is -2.61. The molecule has 0 aliphatic heterocycles. The number of hydrogen-bond donors (Lipinski definition) is 0. The molecule has 23 heavy (non-hydrogen) atoms. The Bertz CT molecular complexity index is 573. The molecule has 2 saturated carbocycles. The van der Waals surface area contributed by atoms with Crippen molar-refractivity contribution in [3.05, 3.63) is 11.6 Å². The van der Waals surface area contributed by atoms with Crippen LogP contribution in [-0.4, -0.2) is 18.4 Å². The Morgan fingerprint density at radius 3 is 2.43 bits per heavy atom. The van der Waals surface area contributed by atoms with Crippen LogP contribution in [0.25, 0.3) is 0 Å². The van der Waals surface area contributed by atoms with Crippen molar-refractivity contribution < 1.29 is 14.4 Å². The summed E-state index contributed by atoms with van der Waals surface area (Å²) in [6.45, 7) is 6.99. The third kappa shape index (κ3) is 2.27. The first-order chi connectivity index (χ1) is 10.8. The summed E-state index contributed by atoms with van der Waals surface area (Å²) in [7, 11) is 0. The highest BCUT2D eigenvalue weighted by Gasteiger charge is 2.61. The van der Waals surface area contributed by atoms with Gasteiger partial charge in [0.1, 0.15) is 12.6 Å². The summed E-state index contributed by atoms with van der Waals surface area (Å²) in [4.78, 5) is 36.2. The molecule has 126 valence electrons. The first-order valence-corrected chi connectivity index (χ1v) is 8.97. The van der Waals surface area contributed by atoms with Crippen molar-refractivity contribution in [3.8, 4) is 0 Å². The lowest BCUT2D eigenvalue weighted by Crippen LogP contribution is -2.58. The molecule has 0 spiro atoms. The maximum atomic E-state index is 12.9. The summed E-state index contributed by atoms with van der Waals surface area (Å²) in [5, 5.41) is 0. The molecule has 0 N–H and O–H groups in total. The molecule has 0 heterocycles. The van der Waals surface area contributed by atoms with Crippen LogP contribution >= 0.6 is 0 Å². The van der Waals surface area contributed by atoms with E-state index in [9.17, 15) is 14.4 Å². The van der Waals surface area contributed by atoms with Crippen molar-refractivity contribution in [1.82, 2.24) is 0 Å². The van der Waals surface area contributed by atoms with Crippen LogP contribution in [0.3, 0.4) is 0 Å². The van der Waals surface area contributed by atoms with Crippen LogP contribution in [0.4, 0.5) is 0 Å². The summed E-state index contributed by atoms with van der Waals surface area (Å²) in [5.74, 6) is 0.486. The Hall–Kier alpha value is -1.25. The van der Waals surface area contributed by atoms with Gasteiger partial charge in [-0.05, 0) is 72.8 Å². The molecule has 4 atom stereocenters. The Morgan fingerprint density at radius 2 is 1.78 bits per heavy atom. The number of rotatable bonds is 2. The van der Waals surface area contributed by atoms with E-state index in [-0.39, 0.29) is 22.5 Å². The van der Waals surface area contributed by atoms with Gasteiger partial charge in [-0.1, -0.05) is 27.2 Å². The topological polar surface area (TPSA) is 51.2 Å². The average molecular weight is 316 g/mol. The zero-order valence-corrected chi connectivity index (χ0v) is 14.6. The van der Waals surface area contributed by atoms with Crippen LogP contribution in [0.5, 0.6) is 0 Å². The maximum Gasteiger partial charge on any atom is 0.169 e. The average Bonchev–Trinajstić information content (AvgIpc) is 2.64.